The molecule has 0 spiro atoms. The Morgan fingerprint density at radius 2 is 2.06 bits per heavy atom. The van der Waals surface area contributed by atoms with E-state index >= 15 is 0 Å². The average molecular weight is 298 g/mol. The van der Waals surface area contributed by atoms with Gasteiger partial charge in [-0.3, -0.25) is 0 Å². The van der Waals surface area contributed by atoms with Crippen LogP contribution in [0.25, 0.3) is 0 Å². The van der Waals surface area contributed by atoms with Gasteiger partial charge in [0.1, 0.15) is 0 Å². The SMILES string of the molecule is NC[C@@H](c1cccc(Br)c1)C1(CO)CCCC1. The van der Waals surface area contributed by atoms with E-state index in [-0.39, 0.29) is 17.9 Å². The smallest absolute Gasteiger partial charge is 0.0493 e. The minimum absolute atomic E-state index is 0.00947. The lowest BCUT2D eigenvalue weighted by Gasteiger charge is -2.35. The third kappa shape index (κ3) is 2.56. The molecule has 0 heterocycles. The van der Waals surface area contributed by atoms with Gasteiger partial charge < -0.3 is 10.8 Å². The first-order valence-corrected chi connectivity index (χ1v) is 7.07. The van der Waals surface area contributed by atoms with E-state index in [4.69, 9.17) is 5.73 Å². The lowest BCUT2D eigenvalue weighted by Crippen LogP contribution is -2.34. The molecule has 17 heavy (non-hydrogen) atoms. The van der Waals surface area contributed by atoms with Crippen molar-refractivity contribution in [3.05, 3.63) is 34.3 Å². The summed E-state index contributed by atoms with van der Waals surface area (Å²) in [6.45, 7) is 0.860. The van der Waals surface area contributed by atoms with Crippen LogP contribution in [-0.2, 0) is 0 Å². The van der Waals surface area contributed by atoms with Gasteiger partial charge in [-0.2, -0.15) is 0 Å². The third-order valence-corrected chi connectivity index (χ3v) is 4.63. The summed E-state index contributed by atoms with van der Waals surface area (Å²) in [6, 6.07) is 8.32. The first kappa shape index (κ1) is 13.1. The molecule has 0 saturated heterocycles. The van der Waals surface area contributed by atoms with Gasteiger partial charge in [0.2, 0.25) is 0 Å². The molecule has 1 aromatic rings. The van der Waals surface area contributed by atoms with Gasteiger partial charge >= 0.3 is 0 Å². The Morgan fingerprint density at radius 3 is 2.59 bits per heavy atom. The molecule has 1 aliphatic carbocycles. The highest BCUT2D eigenvalue weighted by atomic mass is 79.9. The quantitative estimate of drug-likeness (QED) is 0.897. The maximum absolute atomic E-state index is 9.78. The van der Waals surface area contributed by atoms with Crippen LogP contribution in [0.4, 0.5) is 0 Å². The molecule has 0 aromatic heterocycles. The molecule has 1 aliphatic rings. The largest absolute Gasteiger partial charge is 0.396 e. The van der Waals surface area contributed by atoms with Crippen molar-refractivity contribution in [2.24, 2.45) is 11.1 Å². The Morgan fingerprint density at radius 1 is 1.35 bits per heavy atom. The second-order valence-corrected chi connectivity index (χ2v) is 5.99. The molecule has 0 bridgehead atoms. The zero-order valence-corrected chi connectivity index (χ0v) is 11.6. The van der Waals surface area contributed by atoms with Gasteiger partial charge in [-0.15, -0.1) is 0 Å². The van der Waals surface area contributed by atoms with Crippen molar-refractivity contribution in [2.75, 3.05) is 13.2 Å². The van der Waals surface area contributed by atoms with Crippen LogP contribution < -0.4 is 5.73 Å². The summed E-state index contributed by atoms with van der Waals surface area (Å²) in [6.07, 6.45) is 4.62. The average Bonchev–Trinajstić information content (AvgIpc) is 2.80. The van der Waals surface area contributed by atoms with Crippen LogP contribution in [0.1, 0.15) is 37.2 Å². The molecule has 1 aromatic carbocycles. The van der Waals surface area contributed by atoms with E-state index in [2.05, 4.69) is 28.1 Å². The molecule has 0 aliphatic heterocycles. The summed E-state index contributed by atoms with van der Waals surface area (Å²) in [4.78, 5) is 0. The topological polar surface area (TPSA) is 46.2 Å². The second-order valence-electron chi connectivity index (χ2n) is 5.07. The molecular weight excluding hydrogens is 278 g/mol. The summed E-state index contributed by atoms with van der Waals surface area (Å²) in [7, 11) is 0. The van der Waals surface area contributed by atoms with Gasteiger partial charge in [-0.05, 0) is 37.1 Å². The number of hydrogen-bond acceptors (Lipinski definition) is 2. The first-order valence-electron chi connectivity index (χ1n) is 6.28. The zero-order valence-electron chi connectivity index (χ0n) is 10.0. The van der Waals surface area contributed by atoms with E-state index in [1.54, 1.807) is 0 Å². The van der Waals surface area contributed by atoms with E-state index in [1.807, 2.05) is 12.1 Å². The Labute approximate surface area is 111 Å². The maximum atomic E-state index is 9.78. The molecule has 0 unspecified atom stereocenters. The van der Waals surface area contributed by atoms with Crippen LogP contribution in [0.5, 0.6) is 0 Å². The Balaban J connectivity index is 2.32. The monoisotopic (exact) mass is 297 g/mol. The summed E-state index contributed by atoms with van der Waals surface area (Å²) >= 11 is 3.50. The standard InChI is InChI=1S/C14H20BrNO/c15-12-5-3-4-11(8-12)13(9-16)14(10-17)6-1-2-7-14/h3-5,8,13,17H,1-2,6-7,9-10,16H2/t13-/m0/s1. The van der Waals surface area contributed by atoms with Crippen LogP contribution >= 0.6 is 15.9 Å². The third-order valence-electron chi connectivity index (χ3n) is 4.14. The molecule has 1 atom stereocenters. The number of aliphatic hydroxyl groups is 1. The van der Waals surface area contributed by atoms with E-state index < -0.39 is 0 Å². The van der Waals surface area contributed by atoms with Crippen LogP contribution in [0.2, 0.25) is 0 Å². The van der Waals surface area contributed by atoms with E-state index in [0.29, 0.717) is 6.54 Å². The zero-order chi connectivity index (χ0) is 12.3. The summed E-state index contributed by atoms with van der Waals surface area (Å²) < 4.78 is 1.08. The predicted molar refractivity (Wildman–Crippen MR) is 73.9 cm³/mol. The van der Waals surface area contributed by atoms with Crippen LogP contribution in [0.15, 0.2) is 28.7 Å². The number of benzene rings is 1. The number of halogens is 1. The molecule has 3 N–H and O–H groups in total. The number of nitrogens with two attached hydrogens (primary N) is 1. The number of aliphatic hydroxyl groups excluding tert-OH is 1. The van der Waals surface area contributed by atoms with Crippen LogP contribution in [-0.4, -0.2) is 18.3 Å². The maximum Gasteiger partial charge on any atom is 0.0493 e. The van der Waals surface area contributed by atoms with Crippen molar-refractivity contribution in [1.82, 2.24) is 0 Å². The van der Waals surface area contributed by atoms with Crippen molar-refractivity contribution in [3.8, 4) is 0 Å². The summed E-state index contributed by atoms with van der Waals surface area (Å²) in [5, 5.41) is 9.78. The van der Waals surface area contributed by atoms with E-state index in [9.17, 15) is 5.11 Å². The minimum Gasteiger partial charge on any atom is -0.396 e. The van der Waals surface area contributed by atoms with Crippen molar-refractivity contribution < 1.29 is 5.11 Å². The van der Waals surface area contributed by atoms with Gasteiger partial charge in [-0.25, -0.2) is 0 Å². The molecule has 3 heteroatoms. The van der Waals surface area contributed by atoms with Gasteiger partial charge in [0, 0.05) is 22.4 Å². The fourth-order valence-corrected chi connectivity index (χ4v) is 3.58. The fourth-order valence-electron chi connectivity index (χ4n) is 3.16. The molecule has 94 valence electrons. The summed E-state index contributed by atoms with van der Waals surface area (Å²) in [5.41, 5.74) is 7.23. The Kier molecular flexibility index (Phi) is 4.23. The number of rotatable bonds is 4. The number of hydrogen-bond donors (Lipinski definition) is 2. The highest BCUT2D eigenvalue weighted by Crippen LogP contribution is 2.48. The van der Waals surface area contributed by atoms with Crippen LogP contribution in [0, 0.1) is 5.41 Å². The molecular formula is C14H20BrNO. The Bertz CT molecular complexity index is 374. The van der Waals surface area contributed by atoms with E-state index in [1.165, 1.54) is 18.4 Å². The lowest BCUT2D eigenvalue weighted by atomic mass is 9.71. The molecule has 1 saturated carbocycles. The Hall–Kier alpha value is -0.380. The van der Waals surface area contributed by atoms with Gasteiger partial charge in [-0.1, -0.05) is 40.9 Å². The molecule has 0 radical (unpaired) electrons. The van der Waals surface area contributed by atoms with Crippen LogP contribution in [0.3, 0.4) is 0 Å². The predicted octanol–water partition coefficient (Wildman–Crippen LogP) is 3.04. The fraction of sp³-hybridized carbons (Fsp3) is 0.571. The van der Waals surface area contributed by atoms with Crippen molar-refractivity contribution in [1.29, 1.82) is 0 Å². The van der Waals surface area contributed by atoms with E-state index in [0.717, 1.165) is 17.3 Å². The normalized spacial score (nSPS) is 20.4. The molecule has 2 nitrogen and oxygen atoms in total. The molecule has 0 amide bonds. The lowest BCUT2D eigenvalue weighted by molar-refractivity contribution is 0.102. The summed E-state index contributed by atoms with van der Waals surface area (Å²) in [5.74, 6) is 0.271. The molecule has 2 rings (SSSR count). The second kappa shape index (κ2) is 5.51. The van der Waals surface area contributed by atoms with Crippen molar-refractivity contribution in [3.63, 3.8) is 0 Å². The first-order chi connectivity index (χ1) is 8.22. The van der Waals surface area contributed by atoms with Crippen molar-refractivity contribution >= 4 is 15.9 Å². The highest BCUT2D eigenvalue weighted by Gasteiger charge is 2.40. The van der Waals surface area contributed by atoms with Gasteiger partial charge in [0.05, 0.1) is 0 Å². The minimum atomic E-state index is 0.00947. The highest BCUT2D eigenvalue weighted by molar-refractivity contribution is 9.10. The molecule has 1 fully saturated rings. The van der Waals surface area contributed by atoms with Crippen molar-refractivity contribution in [2.45, 2.75) is 31.6 Å². The van der Waals surface area contributed by atoms with Gasteiger partial charge in [0.15, 0.2) is 0 Å². The van der Waals surface area contributed by atoms with Gasteiger partial charge in [0.25, 0.3) is 0 Å².